The average Bonchev–Trinajstić information content (AvgIpc) is 2.27. The first-order valence-electron chi connectivity index (χ1n) is 6.44. The van der Waals surface area contributed by atoms with Gasteiger partial charge in [0.2, 0.25) is 0 Å². The van der Waals surface area contributed by atoms with E-state index < -0.39 is 6.23 Å². The number of rotatable bonds is 7. The van der Waals surface area contributed by atoms with Gasteiger partial charge in [0.05, 0.1) is 0 Å². The molecule has 0 amide bonds. The molecule has 0 bridgehead atoms. The number of aliphatic hydroxyl groups excluding tert-OH is 1. The van der Waals surface area contributed by atoms with E-state index in [4.69, 9.17) is 0 Å². The van der Waals surface area contributed by atoms with Crippen LogP contribution in [0.4, 0.5) is 0 Å². The summed E-state index contributed by atoms with van der Waals surface area (Å²) in [5.41, 5.74) is 0. The number of nitrogens with one attached hydrogen (secondary N) is 1. The van der Waals surface area contributed by atoms with E-state index in [0.29, 0.717) is 17.9 Å². The fourth-order valence-electron chi connectivity index (χ4n) is 1.95. The molecule has 0 heterocycles. The van der Waals surface area contributed by atoms with Crippen LogP contribution in [0.3, 0.4) is 0 Å². The van der Waals surface area contributed by atoms with E-state index in [0.717, 1.165) is 6.42 Å². The predicted octanol–water partition coefficient (Wildman–Crippen LogP) is 1.92. The Morgan fingerprint density at radius 1 is 1.19 bits per heavy atom. The minimum atomic E-state index is -0.419. The van der Waals surface area contributed by atoms with Gasteiger partial charge in [0.1, 0.15) is 6.23 Å². The van der Waals surface area contributed by atoms with E-state index in [1.54, 1.807) is 0 Å². The topological polar surface area (TPSA) is 35.5 Å². The molecule has 0 aromatic heterocycles. The second kappa shape index (κ2) is 7.25. The molecule has 0 aromatic rings. The van der Waals surface area contributed by atoms with Crippen molar-refractivity contribution in [3.05, 3.63) is 0 Å². The Kier molecular flexibility index (Phi) is 7.20. The van der Waals surface area contributed by atoms with Crippen molar-refractivity contribution in [1.29, 1.82) is 0 Å². The molecule has 0 fully saturated rings. The van der Waals surface area contributed by atoms with Crippen molar-refractivity contribution in [3.63, 3.8) is 0 Å². The summed E-state index contributed by atoms with van der Waals surface area (Å²) in [6, 6.07) is 0.520. The Labute approximate surface area is 101 Å². The largest absolute Gasteiger partial charge is 0.377 e. The lowest BCUT2D eigenvalue weighted by Gasteiger charge is -2.38. The van der Waals surface area contributed by atoms with Gasteiger partial charge < -0.3 is 10.4 Å². The second-order valence-electron chi connectivity index (χ2n) is 5.26. The van der Waals surface area contributed by atoms with Crippen LogP contribution in [0.2, 0.25) is 0 Å². The van der Waals surface area contributed by atoms with E-state index in [2.05, 4.69) is 44.8 Å². The molecule has 0 aliphatic rings. The molecular weight excluding hydrogens is 200 g/mol. The molecule has 0 radical (unpaired) electrons. The first-order valence-corrected chi connectivity index (χ1v) is 6.44. The van der Waals surface area contributed by atoms with Gasteiger partial charge in [-0.25, -0.2) is 0 Å². The fourth-order valence-corrected chi connectivity index (χ4v) is 1.95. The summed E-state index contributed by atoms with van der Waals surface area (Å²) in [5.74, 6) is 1.02. The van der Waals surface area contributed by atoms with E-state index >= 15 is 0 Å². The van der Waals surface area contributed by atoms with Gasteiger partial charge >= 0.3 is 0 Å². The molecule has 3 heteroatoms. The minimum absolute atomic E-state index is 0.135. The van der Waals surface area contributed by atoms with Crippen LogP contribution in [0.1, 0.15) is 41.0 Å². The molecule has 0 rings (SSSR count). The van der Waals surface area contributed by atoms with Gasteiger partial charge in [-0.1, -0.05) is 34.1 Å². The van der Waals surface area contributed by atoms with Gasteiger partial charge in [0.25, 0.3) is 0 Å². The van der Waals surface area contributed by atoms with Crippen LogP contribution in [0, 0.1) is 11.8 Å². The molecule has 3 nitrogen and oxygen atoms in total. The van der Waals surface area contributed by atoms with E-state index in [1.807, 2.05) is 14.1 Å². The second-order valence-corrected chi connectivity index (χ2v) is 5.26. The molecule has 0 saturated carbocycles. The van der Waals surface area contributed by atoms with Gasteiger partial charge in [0, 0.05) is 12.1 Å². The first kappa shape index (κ1) is 15.9. The average molecular weight is 230 g/mol. The highest BCUT2D eigenvalue weighted by Crippen LogP contribution is 2.17. The summed E-state index contributed by atoms with van der Waals surface area (Å²) in [6.07, 6.45) is 0.657. The Morgan fingerprint density at radius 2 is 1.69 bits per heavy atom. The lowest BCUT2D eigenvalue weighted by molar-refractivity contribution is -0.0489. The molecular formula is C13H30N2O. The maximum absolute atomic E-state index is 10.4. The first-order chi connectivity index (χ1) is 7.36. The highest BCUT2D eigenvalue weighted by molar-refractivity contribution is 4.81. The lowest BCUT2D eigenvalue weighted by atomic mass is 9.95. The van der Waals surface area contributed by atoms with Crippen molar-refractivity contribution in [2.24, 2.45) is 11.8 Å². The highest BCUT2D eigenvalue weighted by atomic mass is 16.3. The van der Waals surface area contributed by atoms with Crippen LogP contribution in [-0.4, -0.2) is 42.4 Å². The molecule has 98 valence electrons. The number of likely N-dealkylation sites (N-methyl/N-ethyl adjacent to an activating group) is 2. The Morgan fingerprint density at radius 3 is 2.00 bits per heavy atom. The third-order valence-corrected chi connectivity index (χ3v) is 3.94. The van der Waals surface area contributed by atoms with Crippen LogP contribution in [0.25, 0.3) is 0 Å². The Hall–Kier alpha value is -0.120. The predicted molar refractivity (Wildman–Crippen MR) is 70.4 cm³/mol. The van der Waals surface area contributed by atoms with Gasteiger partial charge in [0.15, 0.2) is 0 Å². The van der Waals surface area contributed by atoms with Gasteiger partial charge in [-0.15, -0.1) is 0 Å². The summed E-state index contributed by atoms with van der Waals surface area (Å²) >= 11 is 0. The zero-order chi connectivity index (χ0) is 12.9. The van der Waals surface area contributed by atoms with E-state index in [1.165, 1.54) is 0 Å². The normalized spacial score (nSPS) is 19.9. The maximum Gasteiger partial charge on any atom is 0.123 e. The van der Waals surface area contributed by atoms with Gasteiger partial charge in [-0.05, 0) is 32.9 Å². The lowest BCUT2D eigenvalue weighted by Crippen LogP contribution is -2.54. The zero-order valence-electron chi connectivity index (χ0n) is 12.0. The zero-order valence-corrected chi connectivity index (χ0v) is 12.0. The van der Waals surface area contributed by atoms with Crippen molar-refractivity contribution in [3.8, 4) is 0 Å². The van der Waals surface area contributed by atoms with E-state index in [9.17, 15) is 5.11 Å². The summed E-state index contributed by atoms with van der Waals surface area (Å²) in [5, 5.41) is 13.6. The van der Waals surface area contributed by atoms with Crippen molar-refractivity contribution < 1.29 is 5.11 Å². The smallest absolute Gasteiger partial charge is 0.123 e. The summed E-state index contributed by atoms with van der Waals surface area (Å²) < 4.78 is 0. The molecule has 0 spiro atoms. The third kappa shape index (κ3) is 4.04. The van der Waals surface area contributed by atoms with Crippen molar-refractivity contribution in [1.82, 2.24) is 10.2 Å². The monoisotopic (exact) mass is 230 g/mol. The maximum atomic E-state index is 10.4. The van der Waals surface area contributed by atoms with Crippen LogP contribution >= 0.6 is 0 Å². The van der Waals surface area contributed by atoms with Crippen molar-refractivity contribution >= 4 is 0 Å². The number of aliphatic hydroxyl groups is 1. The summed E-state index contributed by atoms with van der Waals surface area (Å²) in [4.78, 5) is 2.07. The Balaban J connectivity index is 4.55. The van der Waals surface area contributed by atoms with E-state index in [-0.39, 0.29) is 6.04 Å². The van der Waals surface area contributed by atoms with Crippen LogP contribution < -0.4 is 5.32 Å². The minimum Gasteiger partial charge on any atom is -0.377 e. The summed E-state index contributed by atoms with van der Waals surface area (Å²) in [7, 11) is 3.93. The fraction of sp³-hybridized carbons (Fsp3) is 1.00. The highest BCUT2D eigenvalue weighted by Gasteiger charge is 2.29. The number of nitrogens with zero attached hydrogens (tertiary/aromatic N) is 1. The number of hydrogen-bond donors (Lipinski definition) is 2. The van der Waals surface area contributed by atoms with Crippen LogP contribution in [0.5, 0.6) is 0 Å². The van der Waals surface area contributed by atoms with Crippen LogP contribution in [-0.2, 0) is 0 Å². The third-order valence-electron chi connectivity index (χ3n) is 3.94. The Bertz CT molecular complexity index is 185. The number of hydrogen-bond acceptors (Lipinski definition) is 3. The molecule has 0 aromatic carbocycles. The summed E-state index contributed by atoms with van der Waals surface area (Å²) in [6.45, 7) is 10.9. The molecule has 2 N–H and O–H groups in total. The quantitative estimate of drug-likeness (QED) is 0.656. The van der Waals surface area contributed by atoms with Crippen molar-refractivity contribution in [2.75, 3.05) is 14.1 Å². The molecule has 4 atom stereocenters. The van der Waals surface area contributed by atoms with Crippen LogP contribution in [0.15, 0.2) is 0 Å². The molecule has 0 saturated heterocycles. The molecule has 1 unspecified atom stereocenters. The molecule has 16 heavy (non-hydrogen) atoms. The van der Waals surface area contributed by atoms with Gasteiger partial charge in [-0.3, -0.25) is 4.90 Å². The standard InChI is InChI=1S/C13H30N2O/c1-8-10(4)12(14-6)13(16)15(7)11(5)9(2)3/h9-14,16H,8H2,1-7H3/t10?,11-,12+,13+/m1/s1. The molecule has 0 aliphatic heterocycles. The molecule has 0 aliphatic carbocycles. The van der Waals surface area contributed by atoms with Crippen molar-refractivity contribution in [2.45, 2.75) is 59.4 Å². The van der Waals surface area contributed by atoms with Gasteiger partial charge in [-0.2, -0.15) is 0 Å². The SMILES string of the molecule is CCC(C)[C@H](NC)[C@H](O)N(C)[C@H](C)C(C)C.